The third-order valence-electron chi connectivity index (χ3n) is 7.54. The number of methoxy groups -OCH3 is 1. The Morgan fingerprint density at radius 3 is 2.41 bits per heavy atom. The zero-order chi connectivity index (χ0) is 27.7. The van der Waals surface area contributed by atoms with Gasteiger partial charge >= 0.3 is 5.97 Å². The van der Waals surface area contributed by atoms with E-state index in [1.54, 1.807) is 6.92 Å². The van der Waals surface area contributed by atoms with Crippen molar-refractivity contribution in [1.29, 1.82) is 0 Å². The van der Waals surface area contributed by atoms with Crippen molar-refractivity contribution >= 4 is 29.9 Å². The molecule has 13 heteroatoms. The van der Waals surface area contributed by atoms with Gasteiger partial charge in [-0.25, -0.2) is 4.79 Å². The second-order valence-corrected chi connectivity index (χ2v) is 9.88. The van der Waals surface area contributed by atoms with Gasteiger partial charge in [-0.2, -0.15) is 0 Å². The molecule has 0 bridgehead atoms. The van der Waals surface area contributed by atoms with Crippen LogP contribution in [0.3, 0.4) is 0 Å². The Morgan fingerprint density at radius 2 is 1.79 bits per heavy atom. The van der Waals surface area contributed by atoms with Crippen LogP contribution < -0.4 is 10.5 Å². The maximum absolute atomic E-state index is 13.6. The number of aliphatic hydroxyl groups excluding tert-OH is 1. The lowest BCUT2D eigenvalue weighted by molar-refractivity contribution is -0.248. The van der Waals surface area contributed by atoms with Crippen LogP contribution in [-0.4, -0.2) is 80.3 Å². The topological polar surface area (TPSA) is 206 Å². The first-order valence-electron chi connectivity index (χ1n) is 12.0. The third kappa shape index (κ3) is 4.33. The van der Waals surface area contributed by atoms with Gasteiger partial charge in [0.1, 0.15) is 17.2 Å². The number of halogens is 1. The molecule has 3 aliphatic rings. The minimum Gasteiger partial charge on any atom is -0.507 e. The fourth-order valence-electron chi connectivity index (χ4n) is 5.55. The molecule has 2 aromatic carbocycles. The third-order valence-corrected chi connectivity index (χ3v) is 7.54. The lowest BCUT2D eigenvalue weighted by Gasteiger charge is -2.41. The Labute approximate surface area is 228 Å². The molecule has 0 spiro atoms. The predicted octanol–water partition coefficient (Wildman–Crippen LogP) is 0.946. The second-order valence-electron chi connectivity index (χ2n) is 9.88. The smallest absolute Gasteiger partial charge is 0.336 e. The van der Waals surface area contributed by atoms with Crippen molar-refractivity contribution in [2.45, 2.75) is 62.4 Å². The number of hydrogen-bond donors (Lipinski definition) is 6. The van der Waals surface area contributed by atoms with Crippen LogP contribution in [0.25, 0.3) is 0 Å². The zero-order valence-corrected chi connectivity index (χ0v) is 21.7. The molecule has 2 aliphatic carbocycles. The number of carboxylic acid groups (broad SMARTS) is 1. The van der Waals surface area contributed by atoms with E-state index in [9.17, 15) is 39.9 Å². The van der Waals surface area contributed by atoms with Crippen molar-refractivity contribution in [1.82, 2.24) is 0 Å². The van der Waals surface area contributed by atoms with Gasteiger partial charge in [-0.05, 0) is 13.0 Å². The molecule has 6 atom stereocenters. The van der Waals surface area contributed by atoms with E-state index in [0.717, 1.165) is 0 Å². The molecule has 5 rings (SSSR count). The number of hydrogen-bond acceptors (Lipinski definition) is 11. The summed E-state index contributed by atoms with van der Waals surface area (Å²) in [5, 5.41) is 53.5. The summed E-state index contributed by atoms with van der Waals surface area (Å²) in [6, 6.07) is 3.60. The Balaban J connectivity index is 0.00000353. The minimum atomic E-state index is -2.44. The van der Waals surface area contributed by atoms with Gasteiger partial charge in [0.2, 0.25) is 5.78 Å². The first kappa shape index (κ1) is 28.7. The van der Waals surface area contributed by atoms with Crippen LogP contribution in [0.15, 0.2) is 18.2 Å². The van der Waals surface area contributed by atoms with Gasteiger partial charge < -0.3 is 45.5 Å². The van der Waals surface area contributed by atoms with E-state index < -0.39 is 89.2 Å². The van der Waals surface area contributed by atoms with Crippen LogP contribution >= 0.6 is 12.4 Å². The molecule has 0 amide bonds. The molecule has 12 nitrogen and oxygen atoms in total. The molecular formula is C26H28ClNO11. The average molecular weight is 566 g/mol. The molecule has 1 saturated heterocycles. The molecule has 7 N–H and O–H groups in total. The molecule has 0 saturated carbocycles. The van der Waals surface area contributed by atoms with Gasteiger partial charge in [-0.3, -0.25) is 9.59 Å². The number of benzene rings is 2. The first-order chi connectivity index (χ1) is 17.9. The van der Waals surface area contributed by atoms with E-state index in [1.807, 2.05) is 0 Å². The lowest BCUT2D eigenvalue weighted by atomic mass is 9.73. The van der Waals surface area contributed by atoms with Crippen LogP contribution in [0.2, 0.25) is 0 Å². The van der Waals surface area contributed by atoms with Crippen molar-refractivity contribution in [2.75, 3.05) is 7.11 Å². The number of phenols is 2. The van der Waals surface area contributed by atoms with E-state index in [2.05, 4.69) is 0 Å². The fraction of sp³-hybridized carbons (Fsp3) is 0.423. The summed E-state index contributed by atoms with van der Waals surface area (Å²) >= 11 is 0. The number of nitrogens with two attached hydrogens (primary N) is 1. The first-order valence-corrected chi connectivity index (χ1v) is 12.0. The van der Waals surface area contributed by atoms with E-state index in [1.165, 1.54) is 25.3 Å². The maximum atomic E-state index is 13.6. The predicted molar refractivity (Wildman–Crippen MR) is 135 cm³/mol. The second kappa shape index (κ2) is 10.0. The van der Waals surface area contributed by atoms with Gasteiger partial charge in [-0.1, -0.05) is 12.1 Å². The summed E-state index contributed by atoms with van der Waals surface area (Å²) < 4.78 is 16.9. The van der Waals surface area contributed by atoms with Gasteiger partial charge in [0, 0.05) is 42.0 Å². The molecule has 0 aromatic heterocycles. The number of fused-ring (bicyclic) bond motifs is 3. The van der Waals surface area contributed by atoms with Crippen molar-refractivity contribution in [3.63, 3.8) is 0 Å². The lowest BCUT2D eigenvalue weighted by Crippen LogP contribution is -2.52. The number of ether oxygens (including phenoxy) is 3. The summed E-state index contributed by atoms with van der Waals surface area (Å²) in [5.41, 5.74) is 1.98. The Morgan fingerprint density at radius 1 is 1.13 bits per heavy atom. The van der Waals surface area contributed by atoms with Gasteiger partial charge in [0.25, 0.3) is 0 Å². The molecule has 0 radical (unpaired) electrons. The highest BCUT2D eigenvalue weighted by Crippen LogP contribution is 2.52. The highest BCUT2D eigenvalue weighted by atomic mass is 35.5. The van der Waals surface area contributed by atoms with Gasteiger partial charge in [0.15, 0.2) is 17.7 Å². The Kier molecular flexibility index (Phi) is 7.40. The number of aromatic hydroxyl groups is 2. The number of aliphatic carboxylic acids is 1. The zero-order valence-electron chi connectivity index (χ0n) is 20.9. The molecule has 5 unspecified atom stereocenters. The normalized spacial score (nSPS) is 29.5. The molecule has 1 aliphatic heterocycles. The summed E-state index contributed by atoms with van der Waals surface area (Å²) in [6.07, 6.45) is -5.42. The number of carbonyl (C=O) groups excluding carboxylic acids is 2. The maximum Gasteiger partial charge on any atom is 0.336 e. The quantitative estimate of drug-likeness (QED) is 0.244. The van der Waals surface area contributed by atoms with Gasteiger partial charge in [0.05, 0.1) is 42.1 Å². The number of aliphatic hydroxyl groups is 2. The van der Waals surface area contributed by atoms with Crippen molar-refractivity contribution in [2.24, 2.45) is 5.73 Å². The SMILES string of the molecule is COc1cccc2c1C(=O)c1c(O)c3c(c(O)c1C2=O)C[C@@](O)(C(=O)O)CC3OC1CC(N)C(O)C(C)O1.Cl. The largest absolute Gasteiger partial charge is 0.507 e. The summed E-state index contributed by atoms with van der Waals surface area (Å²) in [4.78, 5) is 39.1. The number of carboxylic acids is 1. The number of phenolic OH excluding ortho intramolecular Hbond substituents is 2. The van der Waals surface area contributed by atoms with Crippen molar-refractivity contribution < 1.29 is 54.1 Å². The Hall–Kier alpha value is -3.26. The van der Waals surface area contributed by atoms with Crippen molar-refractivity contribution in [3.05, 3.63) is 51.6 Å². The standard InChI is InChI=1S/C26H27NO11.ClH/c1-9-20(28)12(27)6-15(37-9)38-14-8-26(35,25(33)34)7-11-17(14)24(32)19-18(22(11)30)21(29)10-4-3-5-13(36-2)16(10)23(19)31;/h3-5,9,12,14-15,20,28,30,32,35H,6-8,27H2,1-2H3,(H,33,34);1H/t9?,12?,14?,15?,20?,26-;/m0./s1. The number of ketones is 2. The fourth-order valence-corrected chi connectivity index (χ4v) is 5.55. The van der Waals surface area contributed by atoms with Crippen LogP contribution in [0, 0.1) is 0 Å². The van der Waals surface area contributed by atoms with Crippen LogP contribution in [0.1, 0.15) is 68.8 Å². The molecule has 39 heavy (non-hydrogen) atoms. The summed E-state index contributed by atoms with van der Waals surface area (Å²) in [6.45, 7) is 1.57. The van der Waals surface area contributed by atoms with Crippen LogP contribution in [0.5, 0.6) is 17.2 Å². The molecule has 2 aromatic rings. The summed E-state index contributed by atoms with van der Waals surface area (Å²) in [7, 11) is 1.32. The van der Waals surface area contributed by atoms with Crippen molar-refractivity contribution in [3.8, 4) is 17.2 Å². The van der Waals surface area contributed by atoms with E-state index in [0.29, 0.717) is 0 Å². The highest BCUT2D eigenvalue weighted by Gasteiger charge is 2.50. The molecule has 1 fully saturated rings. The highest BCUT2D eigenvalue weighted by molar-refractivity contribution is 6.31. The summed E-state index contributed by atoms with van der Waals surface area (Å²) in [5.74, 6) is -4.52. The number of carbonyl (C=O) groups is 3. The molecule has 1 heterocycles. The number of rotatable bonds is 4. The van der Waals surface area contributed by atoms with E-state index in [-0.39, 0.29) is 46.8 Å². The van der Waals surface area contributed by atoms with Crippen LogP contribution in [-0.2, 0) is 20.7 Å². The van der Waals surface area contributed by atoms with E-state index >= 15 is 0 Å². The minimum absolute atomic E-state index is 0. The monoisotopic (exact) mass is 565 g/mol. The van der Waals surface area contributed by atoms with Crippen LogP contribution in [0.4, 0.5) is 0 Å². The van der Waals surface area contributed by atoms with E-state index in [4.69, 9.17) is 19.9 Å². The Bertz CT molecular complexity index is 1370. The molecular weight excluding hydrogens is 538 g/mol. The molecule has 210 valence electrons. The average Bonchev–Trinajstić information content (AvgIpc) is 2.87. The van der Waals surface area contributed by atoms with Gasteiger partial charge in [-0.15, -0.1) is 12.4 Å².